The number of unbranched alkanes of at least 4 members (excludes halogenated alkanes) is 1. The Hall–Kier alpha value is -0.860. The van der Waals surface area contributed by atoms with Crippen LogP contribution >= 0.6 is 0 Å². The van der Waals surface area contributed by atoms with E-state index in [1.807, 2.05) is 0 Å². The van der Waals surface area contributed by atoms with E-state index in [2.05, 4.69) is 36.1 Å². The SMILES string of the molecule is CCCCC(N)CN1CCCc2ccccc2C1. The van der Waals surface area contributed by atoms with Crippen LogP contribution in [0, 0.1) is 0 Å². The van der Waals surface area contributed by atoms with E-state index in [1.165, 1.54) is 43.4 Å². The van der Waals surface area contributed by atoms with Gasteiger partial charge in [0.05, 0.1) is 0 Å². The lowest BCUT2D eigenvalue weighted by atomic mass is 10.0. The first-order chi connectivity index (χ1) is 8.79. The van der Waals surface area contributed by atoms with Crippen LogP contribution in [-0.2, 0) is 13.0 Å². The summed E-state index contributed by atoms with van der Waals surface area (Å²) in [7, 11) is 0. The first kappa shape index (κ1) is 13.6. The van der Waals surface area contributed by atoms with Gasteiger partial charge in [0.1, 0.15) is 0 Å². The van der Waals surface area contributed by atoms with E-state index >= 15 is 0 Å². The lowest BCUT2D eigenvalue weighted by Crippen LogP contribution is -2.37. The van der Waals surface area contributed by atoms with Gasteiger partial charge in [-0.2, -0.15) is 0 Å². The lowest BCUT2D eigenvalue weighted by Gasteiger charge is -2.24. The van der Waals surface area contributed by atoms with Gasteiger partial charge in [-0.25, -0.2) is 0 Å². The van der Waals surface area contributed by atoms with Crippen molar-refractivity contribution in [2.24, 2.45) is 5.73 Å². The number of fused-ring (bicyclic) bond motifs is 1. The molecular weight excluding hydrogens is 220 g/mol. The van der Waals surface area contributed by atoms with Crippen molar-refractivity contribution in [2.75, 3.05) is 13.1 Å². The predicted molar refractivity (Wildman–Crippen MR) is 77.5 cm³/mol. The summed E-state index contributed by atoms with van der Waals surface area (Å²) < 4.78 is 0. The molecule has 2 nitrogen and oxygen atoms in total. The molecule has 1 heterocycles. The minimum atomic E-state index is 0.343. The minimum Gasteiger partial charge on any atom is -0.327 e. The molecule has 0 saturated carbocycles. The van der Waals surface area contributed by atoms with Gasteiger partial charge < -0.3 is 5.73 Å². The Morgan fingerprint density at radius 2 is 2.06 bits per heavy atom. The number of aryl methyl sites for hydroxylation is 1. The van der Waals surface area contributed by atoms with Crippen molar-refractivity contribution in [2.45, 2.75) is 51.6 Å². The standard InChI is InChI=1S/C16H26N2/c1-2-3-10-16(17)13-18-11-6-9-14-7-4-5-8-15(14)12-18/h4-5,7-8,16H,2-3,6,9-13,17H2,1H3. The second-order valence-electron chi connectivity index (χ2n) is 5.51. The van der Waals surface area contributed by atoms with E-state index < -0.39 is 0 Å². The molecule has 0 bridgehead atoms. The van der Waals surface area contributed by atoms with Gasteiger partial charge in [0.15, 0.2) is 0 Å². The third-order valence-corrected chi connectivity index (χ3v) is 3.85. The topological polar surface area (TPSA) is 29.3 Å². The summed E-state index contributed by atoms with van der Waals surface area (Å²) in [4.78, 5) is 2.53. The van der Waals surface area contributed by atoms with Crippen LogP contribution in [0.5, 0.6) is 0 Å². The third kappa shape index (κ3) is 3.82. The summed E-state index contributed by atoms with van der Waals surface area (Å²) in [6.45, 7) is 5.55. The highest BCUT2D eigenvalue weighted by atomic mass is 15.1. The third-order valence-electron chi connectivity index (χ3n) is 3.85. The van der Waals surface area contributed by atoms with Crippen LogP contribution in [0.25, 0.3) is 0 Å². The molecule has 1 atom stereocenters. The van der Waals surface area contributed by atoms with E-state index in [0.717, 1.165) is 19.5 Å². The average molecular weight is 246 g/mol. The van der Waals surface area contributed by atoms with Crippen LogP contribution in [0.4, 0.5) is 0 Å². The molecule has 1 aromatic rings. The van der Waals surface area contributed by atoms with Crippen LogP contribution < -0.4 is 5.73 Å². The maximum absolute atomic E-state index is 6.22. The molecule has 0 fully saturated rings. The first-order valence-electron chi connectivity index (χ1n) is 7.34. The van der Waals surface area contributed by atoms with Gasteiger partial charge in [-0.15, -0.1) is 0 Å². The van der Waals surface area contributed by atoms with Crippen molar-refractivity contribution in [3.63, 3.8) is 0 Å². The number of rotatable bonds is 5. The second kappa shape index (κ2) is 6.91. The van der Waals surface area contributed by atoms with Gasteiger partial charge in [-0.3, -0.25) is 4.90 Å². The van der Waals surface area contributed by atoms with Gasteiger partial charge in [-0.05, 0) is 36.9 Å². The molecule has 0 saturated heterocycles. The molecule has 2 N–H and O–H groups in total. The minimum absolute atomic E-state index is 0.343. The number of hydrogen-bond acceptors (Lipinski definition) is 2. The highest BCUT2D eigenvalue weighted by Crippen LogP contribution is 2.18. The molecule has 0 spiro atoms. The fraction of sp³-hybridized carbons (Fsp3) is 0.625. The molecule has 0 radical (unpaired) electrons. The molecule has 2 heteroatoms. The molecule has 1 unspecified atom stereocenters. The van der Waals surface area contributed by atoms with Crippen LogP contribution in [0.15, 0.2) is 24.3 Å². The van der Waals surface area contributed by atoms with Crippen molar-refractivity contribution in [3.05, 3.63) is 35.4 Å². The molecule has 1 aromatic carbocycles. The fourth-order valence-corrected chi connectivity index (χ4v) is 2.81. The highest BCUT2D eigenvalue weighted by Gasteiger charge is 2.15. The maximum atomic E-state index is 6.22. The Bertz CT molecular complexity index is 362. The van der Waals surface area contributed by atoms with Crippen molar-refractivity contribution in [1.29, 1.82) is 0 Å². The van der Waals surface area contributed by atoms with E-state index in [9.17, 15) is 0 Å². The smallest absolute Gasteiger partial charge is 0.0237 e. The summed E-state index contributed by atoms with van der Waals surface area (Å²) in [5.74, 6) is 0. The summed E-state index contributed by atoms with van der Waals surface area (Å²) in [6, 6.07) is 9.19. The summed E-state index contributed by atoms with van der Waals surface area (Å²) in [5.41, 5.74) is 9.25. The van der Waals surface area contributed by atoms with Crippen molar-refractivity contribution >= 4 is 0 Å². The lowest BCUT2D eigenvalue weighted by molar-refractivity contribution is 0.247. The molecular formula is C16H26N2. The van der Waals surface area contributed by atoms with Crippen LogP contribution in [-0.4, -0.2) is 24.0 Å². The molecule has 0 aromatic heterocycles. The summed E-state index contributed by atoms with van der Waals surface area (Å²) >= 11 is 0. The highest BCUT2D eigenvalue weighted by molar-refractivity contribution is 5.28. The zero-order valence-corrected chi connectivity index (χ0v) is 11.6. The Morgan fingerprint density at radius 1 is 1.28 bits per heavy atom. The first-order valence-corrected chi connectivity index (χ1v) is 7.34. The maximum Gasteiger partial charge on any atom is 0.0237 e. The van der Waals surface area contributed by atoms with Gasteiger partial charge >= 0.3 is 0 Å². The van der Waals surface area contributed by atoms with Gasteiger partial charge in [0.2, 0.25) is 0 Å². The molecule has 1 aliphatic heterocycles. The van der Waals surface area contributed by atoms with Crippen LogP contribution in [0.2, 0.25) is 0 Å². The Balaban J connectivity index is 1.91. The average Bonchev–Trinajstić information content (AvgIpc) is 2.57. The Labute approximate surface area is 111 Å². The summed E-state index contributed by atoms with van der Waals surface area (Å²) in [6.07, 6.45) is 6.14. The monoisotopic (exact) mass is 246 g/mol. The number of nitrogens with zero attached hydrogens (tertiary/aromatic N) is 1. The van der Waals surface area contributed by atoms with Crippen molar-refractivity contribution in [3.8, 4) is 0 Å². The quantitative estimate of drug-likeness (QED) is 0.865. The zero-order valence-electron chi connectivity index (χ0n) is 11.6. The molecule has 0 aliphatic carbocycles. The van der Waals surface area contributed by atoms with Gasteiger partial charge in [0, 0.05) is 19.1 Å². The van der Waals surface area contributed by atoms with Crippen LogP contribution in [0.1, 0.15) is 43.7 Å². The molecule has 0 amide bonds. The second-order valence-corrected chi connectivity index (χ2v) is 5.51. The molecule has 18 heavy (non-hydrogen) atoms. The van der Waals surface area contributed by atoms with Gasteiger partial charge in [0.25, 0.3) is 0 Å². The fourth-order valence-electron chi connectivity index (χ4n) is 2.81. The Kier molecular flexibility index (Phi) is 5.21. The van der Waals surface area contributed by atoms with E-state index in [0.29, 0.717) is 6.04 Å². The van der Waals surface area contributed by atoms with E-state index in [1.54, 1.807) is 0 Å². The normalized spacial score (nSPS) is 18.1. The Morgan fingerprint density at radius 3 is 2.83 bits per heavy atom. The largest absolute Gasteiger partial charge is 0.327 e. The molecule has 1 aliphatic rings. The molecule has 100 valence electrons. The van der Waals surface area contributed by atoms with E-state index in [4.69, 9.17) is 5.73 Å². The predicted octanol–water partition coefficient (Wildman–Crippen LogP) is 2.95. The van der Waals surface area contributed by atoms with Crippen molar-refractivity contribution < 1.29 is 0 Å². The van der Waals surface area contributed by atoms with E-state index in [-0.39, 0.29) is 0 Å². The number of hydrogen-bond donors (Lipinski definition) is 1. The van der Waals surface area contributed by atoms with Crippen molar-refractivity contribution in [1.82, 2.24) is 4.90 Å². The number of benzene rings is 1. The van der Waals surface area contributed by atoms with Crippen LogP contribution in [0.3, 0.4) is 0 Å². The molecule has 2 rings (SSSR count). The zero-order chi connectivity index (χ0) is 12.8. The number of nitrogens with two attached hydrogens (primary N) is 1. The summed E-state index contributed by atoms with van der Waals surface area (Å²) in [5, 5.41) is 0. The van der Waals surface area contributed by atoms with Gasteiger partial charge in [-0.1, -0.05) is 44.0 Å².